The average molecular weight is 741 g/mol. The predicted octanol–water partition coefficient (Wildman–Crippen LogP) is 1.03. The minimum atomic E-state index is -1.76. The van der Waals surface area contributed by atoms with Crippen LogP contribution in [0.15, 0.2) is 0 Å². The number of ether oxygens (including phenoxy) is 11. The first-order chi connectivity index (χ1) is 23.5. The van der Waals surface area contributed by atoms with Gasteiger partial charge in [-0.15, -0.1) is 11.6 Å². The van der Waals surface area contributed by atoms with Gasteiger partial charge in [-0.3, -0.25) is 33.6 Å². The number of carbonyl (C=O) groups is 7. The summed E-state index contributed by atoms with van der Waals surface area (Å²) in [5, 5.41) is 0. The van der Waals surface area contributed by atoms with Crippen LogP contribution in [-0.2, 0) is 85.7 Å². The number of alkyl halides is 1. The van der Waals surface area contributed by atoms with Crippen LogP contribution in [0, 0.1) is 0 Å². The van der Waals surface area contributed by atoms with Crippen molar-refractivity contribution in [2.75, 3.05) is 25.7 Å². The van der Waals surface area contributed by atoms with Gasteiger partial charge in [0.05, 0.1) is 0 Å². The number of esters is 7. The number of halogens is 1. The van der Waals surface area contributed by atoms with Gasteiger partial charge in [-0.1, -0.05) is 0 Å². The van der Waals surface area contributed by atoms with E-state index in [0.717, 1.165) is 48.5 Å². The first-order valence-electron chi connectivity index (χ1n) is 15.8. The van der Waals surface area contributed by atoms with Crippen molar-refractivity contribution in [1.82, 2.24) is 0 Å². The van der Waals surface area contributed by atoms with Crippen LogP contribution in [0.1, 0.15) is 67.7 Å². The Morgan fingerprint density at radius 3 is 1.30 bits per heavy atom. The van der Waals surface area contributed by atoms with Crippen molar-refractivity contribution in [2.24, 2.45) is 0 Å². The van der Waals surface area contributed by atoms with E-state index in [1.54, 1.807) is 0 Å². The lowest BCUT2D eigenvalue weighted by Gasteiger charge is -2.48. The van der Waals surface area contributed by atoms with Gasteiger partial charge in [-0.25, -0.2) is 0 Å². The molecule has 0 aromatic carbocycles. The highest BCUT2D eigenvalue weighted by Gasteiger charge is 2.57. The second kappa shape index (κ2) is 20.9. The fourth-order valence-corrected chi connectivity index (χ4v) is 5.37. The van der Waals surface area contributed by atoms with E-state index in [4.69, 9.17) is 63.7 Å². The lowest BCUT2D eigenvalue weighted by molar-refractivity contribution is -0.368. The third-order valence-electron chi connectivity index (χ3n) is 6.95. The zero-order valence-corrected chi connectivity index (χ0v) is 29.7. The Balaban J connectivity index is 2.70. The quantitative estimate of drug-likeness (QED) is 0.0879. The van der Waals surface area contributed by atoms with Gasteiger partial charge in [0, 0.05) is 61.0 Å². The predicted molar refractivity (Wildman–Crippen MR) is 164 cm³/mol. The van der Waals surface area contributed by atoms with E-state index >= 15 is 0 Å². The molecule has 2 rings (SSSR count). The van der Waals surface area contributed by atoms with Crippen molar-refractivity contribution in [3.63, 3.8) is 0 Å². The molecule has 0 aliphatic carbocycles. The SMILES string of the molecule is CC(=O)OC[C@H]1O[C@H](O[C@@H]2[C@@H](OCCCCCCl)O[C@H](COC(C)=O)[C@@H](OC(C)=O)[C@@H]2OC(C)=O)[C@@H](OC(C)=O)[C@@H](OC(C)=O)[C@@H]1OC(C)=O. The maximum absolute atomic E-state index is 12.5. The van der Waals surface area contributed by atoms with E-state index in [-0.39, 0.29) is 6.61 Å². The summed E-state index contributed by atoms with van der Waals surface area (Å²) in [7, 11) is 0. The molecule has 2 saturated heterocycles. The maximum Gasteiger partial charge on any atom is 0.303 e. The minimum Gasteiger partial charge on any atom is -0.463 e. The van der Waals surface area contributed by atoms with Crippen LogP contribution in [0.25, 0.3) is 0 Å². The standard InChI is InChI=1S/C31H45ClO18/c1-15(33)41-13-22-24(43-17(3)35)26(45-19(5)37)28(30(48-22)40-12-10-8-9-11-32)50-31-29(47-21(7)39)27(46-20(6)38)25(44-18(4)36)23(49-31)14-42-16(2)34/h22-31H,8-14H2,1-7H3/t22-,23-,24-,25-,26+,27+,28+,29+,30+,31-/m1/s1. The molecule has 0 saturated carbocycles. The third-order valence-corrected chi connectivity index (χ3v) is 7.21. The lowest BCUT2D eigenvalue weighted by Crippen LogP contribution is -2.67. The molecule has 2 fully saturated rings. The van der Waals surface area contributed by atoms with Crippen LogP contribution in [0.4, 0.5) is 0 Å². The molecule has 2 aliphatic heterocycles. The van der Waals surface area contributed by atoms with Gasteiger partial charge in [0.15, 0.2) is 49.2 Å². The van der Waals surface area contributed by atoms with Crippen LogP contribution in [0.2, 0.25) is 0 Å². The molecule has 2 aliphatic rings. The van der Waals surface area contributed by atoms with Crippen molar-refractivity contribution in [3.8, 4) is 0 Å². The molecule has 284 valence electrons. The Bertz CT molecular complexity index is 1190. The Morgan fingerprint density at radius 2 is 0.880 bits per heavy atom. The lowest BCUT2D eigenvalue weighted by atomic mass is 9.96. The molecule has 50 heavy (non-hydrogen) atoms. The molecule has 0 radical (unpaired) electrons. The van der Waals surface area contributed by atoms with Gasteiger partial charge < -0.3 is 52.1 Å². The van der Waals surface area contributed by atoms with Gasteiger partial charge >= 0.3 is 41.8 Å². The molecular weight excluding hydrogens is 696 g/mol. The van der Waals surface area contributed by atoms with E-state index in [0.29, 0.717) is 25.1 Å². The summed E-state index contributed by atoms with van der Waals surface area (Å²) in [6, 6.07) is 0. The zero-order valence-electron chi connectivity index (χ0n) is 28.9. The number of rotatable bonds is 17. The van der Waals surface area contributed by atoms with Crippen LogP contribution in [-0.4, -0.2) is 129 Å². The summed E-state index contributed by atoms with van der Waals surface area (Å²) in [6.45, 7) is 6.64. The Labute approximate surface area is 293 Å². The van der Waals surface area contributed by atoms with Crippen molar-refractivity contribution in [2.45, 2.75) is 129 Å². The van der Waals surface area contributed by atoms with E-state index < -0.39 is 116 Å². The van der Waals surface area contributed by atoms with Gasteiger partial charge in [-0.2, -0.15) is 0 Å². The normalized spacial score (nSPS) is 29.1. The molecule has 0 amide bonds. The summed E-state index contributed by atoms with van der Waals surface area (Å²) < 4.78 is 62.2. The van der Waals surface area contributed by atoms with Gasteiger partial charge in [0.2, 0.25) is 0 Å². The zero-order chi connectivity index (χ0) is 37.5. The summed E-state index contributed by atoms with van der Waals surface area (Å²) in [6.07, 6.45) is -13.3. The molecule has 0 N–H and O–H groups in total. The van der Waals surface area contributed by atoms with E-state index in [2.05, 4.69) is 0 Å². The smallest absolute Gasteiger partial charge is 0.303 e. The Morgan fingerprint density at radius 1 is 0.480 bits per heavy atom. The summed E-state index contributed by atoms with van der Waals surface area (Å²) in [5.74, 6) is -5.30. The Hall–Kier alpha value is -3.58. The highest BCUT2D eigenvalue weighted by molar-refractivity contribution is 6.17. The fraction of sp³-hybridized carbons (Fsp3) is 0.774. The minimum absolute atomic E-state index is 0.0608. The first kappa shape index (κ1) is 42.6. The Kier molecular flexibility index (Phi) is 17.8. The van der Waals surface area contributed by atoms with E-state index in [1.807, 2.05) is 0 Å². The van der Waals surface area contributed by atoms with Crippen LogP contribution >= 0.6 is 11.6 Å². The van der Waals surface area contributed by atoms with Crippen molar-refractivity contribution in [3.05, 3.63) is 0 Å². The van der Waals surface area contributed by atoms with Crippen molar-refractivity contribution in [1.29, 1.82) is 0 Å². The van der Waals surface area contributed by atoms with Gasteiger partial charge in [0.25, 0.3) is 0 Å². The second-order valence-corrected chi connectivity index (χ2v) is 11.7. The monoisotopic (exact) mass is 740 g/mol. The maximum atomic E-state index is 12.5. The van der Waals surface area contributed by atoms with Gasteiger partial charge in [-0.05, 0) is 19.3 Å². The molecule has 19 heteroatoms. The number of hydrogen-bond donors (Lipinski definition) is 0. The van der Waals surface area contributed by atoms with Crippen molar-refractivity contribution >= 4 is 53.4 Å². The summed E-state index contributed by atoms with van der Waals surface area (Å²) >= 11 is 5.79. The highest BCUT2D eigenvalue weighted by atomic mass is 35.5. The topological polar surface area (TPSA) is 221 Å². The molecule has 0 unspecified atom stereocenters. The molecule has 18 nitrogen and oxygen atoms in total. The molecule has 0 aromatic rings. The average Bonchev–Trinajstić information content (AvgIpc) is 2.99. The van der Waals surface area contributed by atoms with Crippen molar-refractivity contribution < 1.29 is 85.7 Å². The third kappa shape index (κ3) is 14.0. The highest BCUT2D eigenvalue weighted by Crippen LogP contribution is 2.35. The summed E-state index contributed by atoms with van der Waals surface area (Å²) in [5.41, 5.74) is 0. The van der Waals surface area contributed by atoms with E-state index in [9.17, 15) is 33.6 Å². The fourth-order valence-electron chi connectivity index (χ4n) is 5.18. The second-order valence-electron chi connectivity index (χ2n) is 11.3. The molecule has 2 heterocycles. The number of carbonyl (C=O) groups excluding carboxylic acids is 7. The molecule has 0 spiro atoms. The number of hydrogen-bond acceptors (Lipinski definition) is 18. The molecule has 0 aromatic heterocycles. The molecular formula is C31H45ClO18. The van der Waals surface area contributed by atoms with E-state index in [1.165, 1.54) is 0 Å². The van der Waals surface area contributed by atoms with Crippen LogP contribution in [0.5, 0.6) is 0 Å². The first-order valence-corrected chi connectivity index (χ1v) is 16.3. The summed E-state index contributed by atoms with van der Waals surface area (Å²) in [4.78, 5) is 85.0. The van der Waals surface area contributed by atoms with Gasteiger partial charge in [0.1, 0.15) is 25.4 Å². The van der Waals surface area contributed by atoms with Crippen LogP contribution < -0.4 is 0 Å². The van der Waals surface area contributed by atoms with Crippen LogP contribution in [0.3, 0.4) is 0 Å². The largest absolute Gasteiger partial charge is 0.463 e. The number of unbranched alkanes of at least 4 members (excludes halogenated alkanes) is 2. The molecule has 0 bridgehead atoms. The molecule has 10 atom stereocenters.